The van der Waals surface area contributed by atoms with Gasteiger partial charge in [0.15, 0.2) is 0 Å². The quantitative estimate of drug-likeness (QED) is 0.260. The Bertz CT molecular complexity index is 372. The molecule has 1 aliphatic carbocycles. The number of rotatable bonds is 15. The van der Waals surface area contributed by atoms with Crippen LogP contribution in [0.5, 0.6) is 0 Å². The number of nitrogens with zero attached hydrogens (tertiary/aromatic N) is 1. The Morgan fingerprint density at radius 2 is 1.54 bits per heavy atom. The van der Waals surface area contributed by atoms with Crippen molar-refractivity contribution in [2.24, 2.45) is 28.7 Å². The molecule has 0 amide bonds. The zero-order chi connectivity index (χ0) is 19.4. The second kappa shape index (κ2) is 13.7. The molecule has 0 bridgehead atoms. The lowest BCUT2D eigenvalue weighted by Gasteiger charge is -2.37. The molecule has 3 unspecified atom stereocenters. The first-order chi connectivity index (χ1) is 12.6. The SMILES string of the molecule is CCCCC1CC(CCC(CC)C(=NC)C(CCC)CCC(F)CC)C1. The predicted molar refractivity (Wildman–Crippen MR) is 115 cm³/mol. The Morgan fingerprint density at radius 1 is 0.846 bits per heavy atom. The molecule has 0 heterocycles. The van der Waals surface area contributed by atoms with Crippen LogP contribution in [0.1, 0.15) is 111 Å². The molecule has 2 heteroatoms. The summed E-state index contributed by atoms with van der Waals surface area (Å²) in [6.07, 6.45) is 15.0. The Balaban J connectivity index is 2.49. The summed E-state index contributed by atoms with van der Waals surface area (Å²) in [4.78, 5) is 4.75. The summed E-state index contributed by atoms with van der Waals surface area (Å²) in [7, 11) is 1.97. The molecule has 0 aliphatic heterocycles. The minimum Gasteiger partial charge on any atom is -0.297 e. The third-order valence-corrected chi connectivity index (χ3v) is 6.72. The van der Waals surface area contributed by atoms with Crippen molar-refractivity contribution in [2.45, 2.75) is 117 Å². The van der Waals surface area contributed by atoms with Gasteiger partial charge in [-0.05, 0) is 81.5 Å². The second-order valence-corrected chi connectivity index (χ2v) is 8.75. The number of unbranched alkanes of at least 4 members (excludes halogenated alkanes) is 1. The lowest BCUT2D eigenvalue weighted by atomic mass is 9.69. The van der Waals surface area contributed by atoms with E-state index in [1.165, 1.54) is 69.9 Å². The molecule has 0 radical (unpaired) electrons. The van der Waals surface area contributed by atoms with E-state index in [2.05, 4.69) is 20.8 Å². The standard InChI is InChI=1S/C24H46FN/c1-6-10-12-19-17-20(18-19)13-14-21(8-3)24(26-5)22(11-7-2)15-16-23(25)9-4/h19-23H,6-18H2,1-5H3. The van der Waals surface area contributed by atoms with Crippen LogP contribution in [0.2, 0.25) is 0 Å². The first-order valence-electron chi connectivity index (χ1n) is 11.7. The van der Waals surface area contributed by atoms with E-state index in [0.717, 1.165) is 18.3 Å². The van der Waals surface area contributed by atoms with Crippen LogP contribution in [0, 0.1) is 23.7 Å². The van der Waals surface area contributed by atoms with E-state index in [1.807, 2.05) is 14.0 Å². The summed E-state index contributed by atoms with van der Waals surface area (Å²) < 4.78 is 13.8. The molecule has 3 atom stereocenters. The van der Waals surface area contributed by atoms with Crippen molar-refractivity contribution in [3.05, 3.63) is 0 Å². The number of hydrogen-bond acceptors (Lipinski definition) is 1. The van der Waals surface area contributed by atoms with E-state index >= 15 is 0 Å². The minimum atomic E-state index is -0.637. The average molecular weight is 368 g/mol. The van der Waals surface area contributed by atoms with Crippen LogP contribution < -0.4 is 0 Å². The van der Waals surface area contributed by atoms with E-state index < -0.39 is 6.17 Å². The topological polar surface area (TPSA) is 12.4 Å². The molecule has 0 aromatic rings. The fourth-order valence-corrected chi connectivity index (χ4v) is 4.91. The molecule has 0 N–H and O–H groups in total. The van der Waals surface area contributed by atoms with E-state index in [9.17, 15) is 4.39 Å². The number of hydrogen-bond donors (Lipinski definition) is 0. The Kier molecular flexibility index (Phi) is 12.5. The van der Waals surface area contributed by atoms with Gasteiger partial charge < -0.3 is 0 Å². The molecule has 1 saturated carbocycles. The van der Waals surface area contributed by atoms with Crippen LogP contribution in [0.25, 0.3) is 0 Å². The van der Waals surface area contributed by atoms with Crippen LogP contribution in [-0.2, 0) is 0 Å². The van der Waals surface area contributed by atoms with Gasteiger partial charge >= 0.3 is 0 Å². The molecule has 0 spiro atoms. The van der Waals surface area contributed by atoms with Crippen LogP contribution in [-0.4, -0.2) is 18.9 Å². The van der Waals surface area contributed by atoms with E-state index in [4.69, 9.17) is 4.99 Å². The van der Waals surface area contributed by atoms with Crippen LogP contribution >= 0.6 is 0 Å². The van der Waals surface area contributed by atoms with Crippen LogP contribution in [0.4, 0.5) is 4.39 Å². The maximum absolute atomic E-state index is 13.8. The van der Waals surface area contributed by atoms with Gasteiger partial charge in [-0.2, -0.15) is 0 Å². The summed E-state index contributed by atoms with van der Waals surface area (Å²) >= 11 is 0. The summed E-state index contributed by atoms with van der Waals surface area (Å²) in [6, 6.07) is 0. The largest absolute Gasteiger partial charge is 0.297 e. The predicted octanol–water partition coefficient (Wildman–Crippen LogP) is 8.02. The number of halogens is 1. The van der Waals surface area contributed by atoms with Gasteiger partial charge in [0.2, 0.25) is 0 Å². The zero-order valence-corrected chi connectivity index (χ0v) is 18.4. The van der Waals surface area contributed by atoms with Crippen LogP contribution in [0.3, 0.4) is 0 Å². The average Bonchev–Trinajstić information content (AvgIpc) is 2.62. The molecule has 0 aromatic carbocycles. The van der Waals surface area contributed by atoms with Gasteiger partial charge in [-0.15, -0.1) is 0 Å². The molecular weight excluding hydrogens is 321 g/mol. The first kappa shape index (κ1) is 23.6. The van der Waals surface area contributed by atoms with Gasteiger partial charge in [0.25, 0.3) is 0 Å². The molecule has 0 saturated heterocycles. The fourth-order valence-electron chi connectivity index (χ4n) is 4.91. The normalized spacial score (nSPS) is 24.2. The molecule has 1 rings (SSSR count). The van der Waals surface area contributed by atoms with Gasteiger partial charge in [0.1, 0.15) is 0 Å². The lowest BCUT2D eigenvalue weighted by molar-refractivity contribution is 0.161. The van der Waals surface area contributed by atoms with Crippen molar-refractivity contribution in [3.63, 3.8) is 0 Å². The highest BCUT2D eigenvalue weighted by atomic mass is 19.1. The van der Waals surface area contributed by atoms with Gasteiger partial charge in [0.05, 0.1) is 6.17 Å². The third kappa shape index (κ3) is 8.09. The maximum Gasteiger partial charge on any atom is 0.0999 e. The molecule has 1 aliphatic rings. The Hall–Kier alpha value is -0.400. The number of aliphatic imine (C=N–C) groups is 1. The highest BCUT2D eigenvalue weighted by molar-refractivity contribution is 5.88. The monoisotopic (exact) mass is 367 g/mol. The van der Waals surface area contributed by atoms with Crippen LogP contribution in [0.15, 0.2) is 4.99 Å². The maximum atomic E-state index is 13.8. The lowest BCUT2D eigenvalue weighted by Crippen LogP contribution is -2.28. The molecule has 26 heavy (non-hydrogen) atoms. The second-order valence-electron chi connectivity index (χ2n) is 8.75. The Morgan fingerprint density at radius 3 is 2.08 bits per heavy atom. The molecule has 0 aromatic heterocycles. The van der Waals surface area contributed by atoms with Gasteiger partial charge in [-0.1, -0.05) is 53.4 Å². The third-order valence-electron chi connectivity index (χ3n) is 6.72. The van der Waals surface area contributed by atoms with Crippen molar-refractivity contribution < 1.29 is 4.39 Å². The van der Waals surface area contributed by atoms with Crippen molar-refractivity contribution in [3.8, 4) is 0 Å². The first-order valence-corrected chi connectivity index (χ1v) is 11.7. The van der Waals surface area contributed by atoms with E-state index in [-0.39, 0.29) is 0 Å². The van der Waals surface area contributed by atoms with E-state index in [1.54, 1.807) is 0 Å². The smallest absolute Gasteiger partial charge is 0.0999 e. The fraction of sp³-hybridized carbons (Fsp3) is 0.958. The Labute approximate surface area is 163 Å². The number of alkyl halides is 1. The molecular formula is C24H46FN. The van der Waals surface area contributed by atoms with Crippen molar-refractivity contribution in [2.75, 3.05) is 7.05 Å². The summed E-state index contributed by atoms with van der Waals surface area (Å²) in [5.41, 5.74) is 1.40. The highest BCUT2D eigenvalue weighted by Gasteiger charge is 2.30. The molecule has 1 nitrogen and oxygen atoms in total. The van der Waals surface area contributed by atoms with Crippen molar-refractivity contribution >= 4 is 5.71 Å². The van der Waals surface area contributed by atoms with Crippen molar-refractivity contribution in [1.82, 2.24) is 0 Å². The summed E-state index contributed by atoms with van der Waals surface area (Å²) in [5.74, 6) is 3.09. The van der Waals surface area contributed by atoms with Gasteiger partial charge in [0, 0.05) is 12.8 Å². The zero-order valence-electron chi connectivity index (χ0n) is 18.4. The van der Waals surface area contributed by atoms with Gasteiger partial charge in [-0.25, -0.2) is 4.39 Å². The molecule has 1 fully saturated rings. The highest BCUT2D eigenvalue weighted by Crippen LogP contribution is 2.41. The molecule has 154 valence electrons. The van der Waals surface area contributed by atoms with E-state index in [0.29, 0.717) is 24.7 Å². The summed E-state index contributed by atoms with van der Waals surface area (Å²) in [5, 5.41) is 0. The minimum absolute atomic E-state index is 0.499. The van der Waals surface area contributed by atoms with Gasteiger partial charge in [-0.3, -0.25) is 4.99 Å². The van der Waals surface area contributed by atoms with Crippen molar-refractivity contribution in [1.29, 1.82) is 0 Å². The summed E-state index contributed by atoms with van der Waals surface area (Å²) in [6.45, 7) is 8.81.